The van der Waals surface area contributed by atoms with E-state index in [0.717, 1.165) is 6.07 Å². The number of nitrogens with one attached hydrogen (secondary N) is 1. The first-order valence-corrected chi connectivity index (χ1v) is 7.55. The molecular weight excluding hydrogens is 295 g/mol. The lowest BCUT2D eigenvalue weighted by Gasteiger charge is -2.12. The molecule has 0 unspecified atom stereocenters. The number of nitrogen functional groups attached to an aromatic ring is 1. The van der Waals surface area contributed by atoms with Crippen LogP contribution in [0.2, 0.25) is 0 Å². The van der Waals surface area contributed by atoms with Gasteiger partial charge in [-0.3, -0.25) is 4.72 Å². The van der Waals surface area contributed by atoms with Crippen LogP contribution in [0.3, 0.4) is 0 Å². The van der Waals surface area contributed by atoms with E-state index in [9.17, 15) is 12.8 Å². The number of anilines is 2. The molecule has 0 radical (unpaired) electrons. The third kappa shape index (κ3) is 3.08. The molecule has 0 saturated heterocycles. The first kappa shape index (κ1) is 15.1. The molecule has 2 rings (SSSR count). The van der Waals surface area contributed by atoms with Gasteiger partial charge in [0.25, 0.3) is 10.0 Å². The van der Waals surface area contributed by atoms with Gasteiger partial charge in [0.05, 0.1) is 17.7 Å². The van der Waals surface area contributed by atoms with Crippen LogP contribution in [0.1, 0.15) is 5.56 Å². The Bertz CT molecular complexity index is 776. The van der Waals surface area contributed by atoms with Crippen molar-refractivity contribution in [3.63, 3.8) is 0 Å². The highest BCUT2D eigenvalue weighted by Crippen LogP contribution is 2.26. The van der Waals surface area contributed by atoms with Crippen LogP contribution in [0.5, 0.6) is 5.75 Å². The molecule has 112 valence electrons. The molecule has 0 atom stereocenters. The zero-order valence-corrected chi connectivity index (χ0v) is 12.4. The summed E-state index contributed by atoms with van der Waals surface area (Å²) in [5.41, 5.74) is 6.76. The summed E-state index contributed by atoms with van der Waals surface area (Å²) in [6, 6.07) is 8.35. The Morgan fingerprint density at radius 1 is 1.24 bits per heavy atom. The van der Waals surface area contributed by atoms with E-state index in [4.69, 9.17) is 10.5 Å². The van der Waals surface area contributed by atoms with E-state index in [0.29, 0.717) is 11.3 Å². The van der Waals surface area contributed by atoms with Crippen molar-refractivity contribution in [1.29, 1.82) is 0 Å². The number of benzene rings is 2. The van der Waals surface area contributed by atoms with Gasteiger partial charge < -0.3 is 10.5 Å². The summed E-state index contributed by atoms with van der Waals surface area (Å²) in [6.07, 6.45) is 0. The summed E-state index contributed by atoms with van der Waals surface area (Å²) in [7, 11) is -2.51. The second-order valence-corrected chi connectivity index (χ2v) is 6.08. The van der Waals surface area contributed by atoms with Crippen LogP contribution < -0.4 is 15.2 Å². The maximum Gasteiger partial charge on any atom is 0.262 e. The number of nitrogens with two attached hydrogens (primary N) is 1. The monoisotopic (exact) mass is 310 g/mol. The van der Waals surface area contributed by atoms with Crippen molar-refractivity contribution in [1.82, 2.24) is 0 Å². The van der Waals surface area contributed by atoms with Crippen LogP contribution in [0.15, 0.2) is 41.3 Å². The SMILES string of the molecule is COc1cc(NS(=O)(=O)c2cccc(N)c2C)ccc1F. The maximum absolute atomic E-state index is 13.3. The number of hydrogen-bond acceptors (Lipinski definition) is 4. The van der Waals surface area contributed by atoms with Crippen LogP contribution in [0, 0.1) is 12.7 Å². The molecule has 2 aromatic rings. The first-order chi connectivity index (χ1) is 9.85. The number of halogens is 1. The topological polar surface area (TPSA) is 81.4 Å². The van der Waals surface area contributed by atoms with Gasteiger partial charge in [0.2, 0.25) is 0 Å². The largest absolute Gasteiger partial charge is 0.494 e. The molecule has 5 nitrogen and oxygen atoms in total. The molecule has 0 amide bonds. The predicted octanol–water partition coefficient (Wildman–Crippen LogP) is 2.53. The summed E-state index contributed by atoms with van der Waals surface area (Å²) in [4.78, 5) is 0.0748. The minimum absolute atomic E-state index is 0.0421. The Labute approximate surface area is 122 Å². The molecule has 2 aromatic carbocycles. The van der Waals surface area contributed by atoms with Gasteiger partial charge in [-0.05, 0) is 36.8 Å². The van der Waals surface area contributed by atoms with Crippen LogP contribution >= 0.6 is 0 Å². The van der Waals surface area contributed by atoms with Crippen molar-refractivity contribution in [2.45, 2.75) is 11.8 Å². The zero-order valence-electron chi connectivity index (χ0n) is 11.6. The average Bonchev–Trinajstić information content (AvgIpc) is 2.43. The van der Waals surface area contributed by atoms with Gasteiger partial charge in [-0.2, -0.15) is 0 Å². The van der Waals surface area contributed by atoms with Crippen molar-refractivity contribution in [2.75, 3.05) is 17.6 Å². The summed E-state index contributed by atoms with van der Waals surface area (Å²) in [6.45, 7) is 1.62. The smallest absolute Gasteiger partial charge is 0.262 e. The lowest BCUT2D eigenvalue weighted by atomic mass is 10.2. The summed E-state index contributed by atoms with van der Waals surface area (Å²) < 4.78 is 45.2. The maximum atomic E-state index is 13.3. The van der Waals surface area contributed by atoms with Gasteiger partial charge in [-0.15, -0.1) is 0 Å². The number of rotatable bonds is 4. The van der Waals surface area contributed by atoms with Crippen molar-refractivity contribution < 1.29 is 17.5 Å². The fourth-order valence-corrected chi connectivity index (χ4v) is 3.18. The third-order valence-electron chi connectivity index (χ3n) is 3.02. The van der Waals surface area contributed by atoms with Crippen LogP contribution in [0.25, 0.3) is 0 Å². The van der Waals surface area contributed by atoms with Crippen LogP contribution in [-0.2, 0) is 10.0 Å². The number of hydrogen-bond donors (Lipinski definition) is 2. The normalized spacial score (nSPS) is 11.2. The quantitative estimate of drug-likeness (QED) is 0.850. The molecule has 0 fully saturated rings. The Balaban J connectivity index is 2.40. The highest BCUT2D eigenvalue weighted by atomic mass is 32.2. The molecule has 0 heterocycles. The predicted molar refractivity (Wildman–Crippen MR) is 79.4 cm³/mol. The van der Waals surface area contributed by atoms with E-state index in [-0.39, 0.29) is 16.3 Å². The minimum Gasteiger partial charge on any atom is -0.494 e. The van der Waals surface area contributed by atoms with Crippen molar-refractivity contribution >= 4 is 21.4 Å². The lowest BCUT2D eigenvalue weighted by Crippen LogP contribution is -2.15. The standard InChI is InChI=1S/C14H15FN2O3S/c1-9-12(16)4-3-5-14(9)21(18,19)17-10-6-7-11(15)13(8-10)20-2/h3-8,17H,16H2,1-2H3. The van der Waals surface area contributed by atoms with E-state index in [1.165, 1.54) is 25.3 Å². The molecule has 21 heavy (non-hydrogen) atoms. The minimum atomic E-state index is -3.81. The van der Waals surface area contributed by atoms with Crippen molar-refractivity contribution in [3.8, 4) is 5.75 Å². The van der Waals surface area contributed by atoms with Gasteiger partial charge in [0.1, 0.15) is 0 Å². The summed E-state index contributed by atoms with van der Waals surface area (Å²) >= 11 is 0. The van der Waals surface area contributed by atoms with E-state index < -0.39 is 15.8 Å². The second kappa shape index (κ2) is 5.61. The van der Waals surface area contributed by atoms with Gasteiger partial charge in [0.15, 0.2) is 11.6 Å². The molecule has 3 N–H and O–H groups in total. The van der Waals surface area contributed by atoms with E-state index >= 15 is 0 Å². The van der Waals surface area contributed by atoms with Crippen LogP contribution in [-0.4, -0.2) is 15.5 Å². The van der Waals surface area contributed by atoms with Crippen LogP contribution in [0.4, 0.5) is 15.8 Å². The van der Waals surface area contributed by atoms with Crippen molar-refractivity contribution in [2.24, 2.45) is 0 Å². The summed E-state index contributed by atoms with van der Waals surface area (Å²) in [5, 5.41) is 0. The Morgan fingerprint density at radius 2 is 1.95 bits per heavy atom. The molecule has 0 saturated carbocycles. The average molecular weight is 310 g/mol. The fraction of sp³-hybridized carbons (Fsp3) is 0.143. The fourth-order valence-electron chi connectivity index (χ4n) is 1.86. The van der Waals surface area contributed by atoms with Gasteiger partial charge in [-0.1, -0.05) is 6.07 Å². The molecule has 0 aliphatic carbocycles. The lowest BCUT2D eigenvalue weighted by molar-refractivity contribution is 0.387. The zero-order chi connectivity index (χ0) is 15.6. The number of ether oxygens (including phenoxy) is 1. The number of methoxy groups -OCH3 is 1. The van der Waals surface area contributed by atoms with E-state index in [1.807, 2.05) is 0 Å². The Morgan fingerprint density at radius 3 is 2.62 bits per heavy atom. The first-order valence-electron chi connectivity index (χ1n) is 6.06. The highest BCUT2D eigenvalue weighted by molar-refractivity contribution is 7.92. The Hall–Kier alpha value is -2.28. The van der Waals surface area contributed by atoms with E-state index in [1.54, 1.807) is 19.1 Å². The van der Waals surface area contributed by atoms with Gasteiger partial charge in [0, 0.05) is 11.8 Å². The Kier molecular flexibility index (Phi) is 4.04. The van der Waals surface area contributed by atoms with Crippen molar-refractivity contribution in [3.05, 3.63) is 47.8 Å². The molecule has 0 aliphatic rings. The number of sulfonamides is 1. The van der Waals surface area contributed by atoms with Gasteiger partial charge in [-0.25, -0.2) is 12.8 Å². The molecule has 0 spiro atoms. The molecular formula is C14H15FN2O3S. The molecule has 0 aromatic heterocycles. The molecule has 0 bridgehead atoms. The molecule has 7 heteroatoms. The summed E-state index contributed by atoms with van der Waals surface area (Å²) in [5.74, 6) is -0.611. The second-order valence-electron chi connectivity index (χ2n) is 4.43. The third-order valence-corrected chi connectivity index (χ3v) is 4.54. The molecule has 0 aliphatic heterocycles. The van der Waals surface area contributed by atoms with Gasteiger partial charge >= 0.3 is 0 Å². The highest BCUT2D eigenvalue weighted by Gasteiger charge is 2.18. The van der Waals surface area contributed by atoms with E-state index in [2.05, 4.69) is 4.72 Å².